The van der Waals surface area contributed by atoms with Crippen LogP contribution in [0.25, 0.3) is 12.2 Å². The van der Waals surface area contributed by atoms with Crippen molar-refractivity contribution in [3.63, 3.8) is 0 Å². The SMILES string of the molecule is CCc1ccc(/C=C/c2ccc3c(c2)CC(C)(C)C3OC(N)=O)cc1. The molecule has 0 aromatic heterocycles. The van der Waals surface area contributed by atoms with Gasteiger partial charge in [0, 0.05) is 5.41 Å². The van der Waals surface area contributed by atoms with Gasteiger partial charge in [-0.1, -0.05) is 75.4 Å². The van der Waals surface area contributed by atoms with Gasteiger partial charge in [0.1, 0.15) is 6.10 Å². The maximum Gasteiger partial charge on any atom is 0.405 e. The van der Waals surface area contributed by atoms with Crippen molar-refractivity contribution < 1.29 is 9.53 Å². The van der Waals surface area contributed by atoms with Gasteiger partial charge in [0.05, 0.1) is 0 Å². The van der Waals surface area contributed by atoms with Crippen molar-refractivity contribution in [2.24, 2.45) is 11.1 Å². The summed E-state index contributed by atoms with van der Waals surface area (Å²) >= 11 is 0. The van der Waals surface area contributed by atoms with Crippen molar-refractivity contribution >= 4 is 18.2 Å². The lowest BCUT2D eigenvalue weighted by molar-refractivity contribution is 0.0392. The van der Waals surface area contributed by atoms with Gasteiger partial charge in [-0.25, -0.2) is 4.79 Å². The molecule has 2 aromatic carbocycles. The average molecular weight is 335 g/mol. The van der Waals surface area contributed by atoms with Crippen LogP contribution in [0.2, 0.25) is 0 Å². The van der Waals surface area contributed by atoms with Crippen molar-refractivity contribution in [3.8, 4) is 0 Å². The first-order valence-electron chi connectivity index (χ1n) is 8.75. The van der Waals surface area contributed by atoms with Crippen molar-refractivity contribution in [1.82, 2.24) is 0 Å². The molecule has 0 aliphatic heterocycles. The number of nitrogens with two attached hydrogens (primary N) is 1. The second kappa shape index (κ2) is 6.75. The number of carbonyl (C=O) groups excluding carboxylic acids is 1. The van der Waals surface area contributed by atoms with Gasteiger partial charge in [-0.3, -0.25) is 0 Å². The predicted molar refractivity (Wildman–Crippen MR) is 102 cm³/mol. The summed E-state index contributed by atoms with van der Waals surface area (Å²) in [6.45, 7) is 6.36. The number of carbonyl (C=O) groups is 1. The van der Waals surface area contributed by atoms with Crippen LogP contribution in [0.3, 0.4) is 0 Å². The fourth-order valence-corrected chi connectivity index (χ4v) is 3.54. The molecule has 0 saturated heterocycles. The summed E-state index contributed by atoms with van der Waals surface area (Å²) in [7, 11) is 0. The Balaban J connectivity index is 1.82. The smallest absolute Gasteiger partial charge is 0.405 e. The maximum absolute atomic E-state index is 11.2. The van der Waals surface area contributed by atoms with Gasteiger partial charge >= 0.3 is 6.09 Å². The summed E-state index contributed by atoms with van der Waals surface area (Å²) in [6.07, 6.45) is 5.17. The molecule has 1 unspecified atom stereocenters. The number of primary amides is 1. The lowest BCUT2D eigenvalue weighted by Crippen LogP contribution is -2.25. The number of ether oxygens (including phenoxy) is 1. The van der Waals surface area contributed by atoms with Crippen molar-refractivity contribution in [3.05, 3.63) is 70.3 Å². The Hall–Kier alpha value is -2.55. The van der Waals surface area contributed by atoms with E-state index >= 15 is 0 Å². The van der Waals surface area contributed by atoms with E-state index in [1.807, 2.05) is 0 Å². The van der Waals surface area contributed by atoms with E-state index in [1.165, 1.54) is 16.7 Å². The first kappa shape index (κ1) is 17.3. The highest BCUT2D eigenvalue weighted by Gasteiger charge is 2.41. The molecule has 3 nitrogen and oxygen atoms in total. The summed E-state index contributed by atoms with van der Waals surface area (Å²) in [5.74, 6) is 0. The van der Waals surface area contributed by atoms with Gasteiger partial charge in [0.15, 0.2) is 0 Å². The predicted octanol–water partition coefficient (Wildman–Crippen LogP) is 5.14. The minimum atomic E-state index is -0.717. The molecule has 2 aromatic rings. The van der Waals surface area contributed by atoms with Crippen LogP contribution < -0.4 is 5.73 Å². The summed E-state index contributed by atoms with van der Waals surface area (Å²) in [6, 6.07) is 14.9. The number of amides is 1. The van der Waals surface area contributed by atoms with Crippen LogP contribution in [0, 0.1) is 5.41 Å². The topological polar surface area (TPSA) is 52.3 Å². The van der Waals surface area contributed by atoms with E-state index in [9.17, 15) is 4.79 Å². The normalized spacial score (nSPS) is 18.3. The molecule has 1 aliphatic carbocycles. The first-order valence-corrected chi connectivity index (χ1v) is 8.75. The molecule has 0 fully saturated rings. The number of hydrogen-bond acceptors (Lipinski definition) is 2. The second-order valence-electron chi connectivity index (χ2n) is 7.37. The van der Waals surface area contributed by atoms with Crippen LogP contribution in [-0.2, 0) is 17.6 Å². The van der Waals surface area contributed by atoms with E-state index in [0.29, 0.717) is 0 Å². The van der Waals surface area contributed by atoms with E-state index in [-0.39, 0.29) is 11.5 Å². The zero-order chi connectivity index (χ0) is 18.0. The maximum atomic E-state index is 11.2. The monoisotopic (exact) mass is 335 g/mol. The largest absolute Gasteiger partial charge is 0.441 e. The summed E-state index contributed by atoms with van der Waals surface area (Å²) in [4.78, 5) is 11.2. The zero-order valence-corrected chi connectivity index (χ0v) is 15.1. The second-order valence-corrected chi connectivity index (χ2v) is 7.37. The zero-order valence-electron chi connectivity index (χ0n) is 15.1. The Labute approximate surface area is 149 Å². The van der Waals surface area contributed by atoms with Crippen LogP contribution >= 0.6 is 0 Å². The van der Waals surface area contributed by atoms with Crippen LogP contribution in [0.15, 0.2) is 42.5 Å². The van der Waals surface area contributed by atoms with Gasteiger partial charge in [-0.05, 0) is 40.7 Å². The van der Waals surface area contributed by atoms with Gasteiger partial charge in [-0.2, -0.15) is 0 Å². The molecule has 25 heavy (non-hydrogen) atoms. The van der Waals surface area contributed by atoms with Crippen molar-refractivity contribution in [2.75, 3.05) is 0 Å². The van der Waals surface area contributed by atoms with Crippen LogP contribution in [-0.4, -0.2) is 6.09 Å². The molecule has 0 heterocycles. The molecule has 3 rings (SSSR count). The molecule has 1 atom stereocenters. The molecule has 1 amide bonds. The number of aryl methyl sites for hydroxylation is 1. The Morgan fingerprint density at radius 2 is 1.80 bits per heavy atom. The Bertz CT molecular complexity index is 803. The van der Waals surface area contributed by atoms with Gasteiger partial charge < -0.3 is 10.5 Å². The number of benzene rings is 2. The summed E-state index contributed by atoms with van der Waals surface area (Å²) in [5.41, 5.74) is 11.1. The molecule has 0 spiro atoms. The third-order valence-corrected chi connectivity index (χ3v) is 4.90. The van der Waals surface area contributed by atoms with Crippen molar-refractivity contribution in [1.29, 1.82) is 0 Å². The number of rotatable bonds is 4. The molecule has 130 valence electrons. The Kier molecular flexibility index (Phi) is 4.67. The fraction of sp³-hybridized carbons (Fsp3) is 0.318. The molecule has 0 bridgehead atoms. The highest BCUT2D eigenvalue weighted by Crippen LogP contribution is 2.47. The van der Waals surface area contributed by atoms with E-state index in [0.717, 1.165) is 24.0 Å². The standard InChI is InChI=1S/C22H25NO2/c1-4-15-5-7-16(8-6-15)9-10-17-11-12-19-18(13-17)14-22(2,3)20(19)25-21(23)24/h5-13,20H,4,14H2,1-3H3,(H2,23,24)/b10-9+. The quantitative estimate of drug-likeness (QED) is 0.787. The van der Waals surface area contributed by atoms with E-state index in [2.05, 4.69) is 75.4 Å². The highest BCUT2D eigenvalue weighted by atomic mass is 16.6. The Morgan fingerprint density at radius 3 is 2.44 bits per heavy atom. The van der Waals surface area contributed by atoms with E-state index in [4.69, 9.17) is 10.5 Å². The minimum absolute atomic E-state index is 0.143. The summed E-state index contributed by atoms with van der Waals surface area (Å²) < 4.78 is 5.36. The molecule has 1 aliphatic rings. The third kappa shape index (κ3) is 3.76. The van der Waals surface area contributed by atoms with Gasteiger partial charge in [-0.15, -0.1) is 0 Å². The third-order valence-electron chi connectivity index (χ3n) is 4.90. The fourth-order valence-electron chi connectivity index (χ4n) is 3.54. The molecule has 0 saturated carbocycles. The molecular formula is C22H25NO2. The van der Waals surface area contributed by atoms with Gasteiger partial charge in [0.2, 0.25) is 0 Å². The molecule has 2 N–H and O–H groups in total. The minimum Gasteiger partial charge on any atom is -0.441 e. The van der Waals surface area contributed by atoms with E-state index < -0.39 is 6.09 Å². The van der Waals surface area contributed by atoms with Crippen LogP contribution in [0.4, 0.5) is 4.79 Å². The average Bonchev–Trinajstić information content (AvgIpc) is 2.82. The van der Waals surface area contributed by atoms with Gasteiger partial charge in [0.25, 0.3) is 0 Å². The molecular weight excluding hydrogens is 310 g/mol. The Morgan fingerprint density at radius 1 is 1.16 bits per heavy atom. The highest BCUT2D eigenvalue weighted by molar-refractivity contribution is 5.70. The lowest BCUT2D eigenvalue weighted by Gasteiger charge is -2.26. The molecule has 0 radical (unpaired) electrons. The van der Waals surface area contributed by atoms with E-state index in [1.54, 1.807) is 0 Å². The van der Waals surface area contributed by atoms with Crippen molar-refractivity contribution in [2.45, 2.75) is 39.7 Å². The summed E-state index contributed by atoms with van der Waals surface area (Å²) in [5, 5.41) is 0. The lowest BCUT2D eigenvalue weighted by atomic mass is 9.87. The number of fused-ring (bicyclic) bond motifs is 1. The molecule has 3 heteroatoms. The first-order chi connectivity index (χ1) is 11.9. The van der Waals surface area contributed by atoms with Crippen LogP contribution in [0.1, 0.15) is 54.7 Å². The number of hydrogen-bond donors (Lipinski definition) is 1. The van der Waals surface area contributed by atoms with Crippen LogP contribution in [0.5, 0.6) is 0 Å².